The Balaban J connectivity index is 1.69. The van der Waals surface area contributed by atoms with Crippen molar-refractivity contribution in [3.05, 3.63) is 77.1 Å². The number of methoxy groups -OCH3 is 1. The van der Waals surface area contributed by atoms with E-state index in [1.165, 1.54) is 0 Å². The molecule has 0 bridgehead atoms. The van der Waals surface area contributed by atoms with E-state index in [9.17, 15) is 10.1 Å². The lowest BCUT2D eigenvalue weighted by molar-refractivity contribution is 0.102. The first-order valence-corrected chi connectivity index (χ1v) is 9.12. The van der Waals surface area contributed by atoms with Crippen LogP contribution in [0.25, 0.3) is 0 Å². The second-order valence-electron chi connectivity index (χ2n) is 6.32. The molecule has 2 N–H and O–H groups in total. The Morgan fingerprint density at radius 1 is 1.14 bits per heavy atom. The minimum atomic E-state index is -0.397. The molecule has 0 aliphatic carbocycles. The zero-order valence-electron chi connectivity index (χ0n) is 16.3. The van der Waals surface area contributed by atoms with Gasteiger partial charge in [-0.05, 0) is 43.2 Å². The van der Waals surface area contributed by atoms with Crippen molar-refractivity contribution in [2.75, 3.05) is 24.3 Å². The molecule has 0 unspecified atom stereocenters. The van der Waals surface area contributed by atoms with Crippen molar-refractivity contribution >= 4 is 17.5 Å². The van der Waals surface area contributed by atoms with E-state index in [-0.39, 0.29) is 5.69 Å². The molecule has 29 heavy (non-hydrogen) atoms. The summed E-state index contributed by atoms with van der Waals surface area (Å²) in [5.74, 6) is 0.806. The number of anilines is 2. The smallest absolute Gasteiger partial charge is 0.274 e. The molecule has 0 fully saturated rings. The van der Waals surface area contributed by atoms with Crippen molar-refractivity contribution in [3.63, 3.8) is 0 Å². The molecule has 146 valence electrons. The summed E-state index contributed by atoms with van der Waals surface area (Å²) in [4.78, 5) is 21.3. The lowest BCUT2D eigenvalue weighted by Crippen LogP contribution is -2.17. The van der Waals surface area contributed by atoms with E-state index in [4.69, 9.17) is 4.74 Å². The number of aryl methyl sites for hydroxylation is 1. The third-order valence-electron chi connectivity index (χ3n) is 4.25. The number of nitriles is 1. The van der Waals surface area contributed by atoms with Crippen LogP contribution in [-0.4, -0.2) is 29.5 Å². The number of carbonyl (C=O) groups excluding carboxylic acids is 1. The first-order chi connectivity index (χ1) is 14.1. The predicted octanol–water partition coefficient (Wildman–Crippen LogP) is 3.57. The fourth-order valence-corrected chi connectivity index (χ4v) is 2.86. The predicted molar refractivity (Wildman–Crippen MR) is 111 cm³/mol. The molecule has 7 nitrogen and oxygen atoms in total. The highest BCUT2D eigenvalue weighted by Gasteiger charge is 2.13. The molecule has 0 radical (unpaired) electrons. The van der Waals surface area contributed by atoms with E-state index in [1.807, 2.05) is 24.3 Å². The van der Waals surface area contributed by atoms with Crippen molar-refractivity contribution in [1.29, 1.82) is 5.26 Å². The third kappa shape index (κ3) is 5.08. The summed E-state index contributed by atoms with van der Waals surface area (Å²) in [6.45, 7) is 2.38. The Bertz CT molecular complexity index is 1060. The summed E-state index contributed by atoms with van der Waals surface area (Å²) >= 11 is 0. The summed E-state index contributed by atoms with van der Waals surface area (Å²) in [7, 11) is 1.64. The van der Waals surface area contributed by atoms with Gasteiger partial charge in [0, 0.05) is 12.2 Å². The van der Waals surface area contributed by atoms with Crippen molar-refractivity contribution in [2.24, 2.45) is 0 Å². The van der Waals surface area contributed by atoms with Gasteiger partial charge in [0.05, 0.1) is 18.4 Å². The maximum absolute atomic E-state index is 12.6. The number of ether oxygens (including phenoxy) is 1. The molecule has 7 heteroatoms. The average Bonchev–Trinajstić information content (AvgIpc) is 2.74. The van der Waals surface area contributed by atoms with Crippen LogP contribution in [0.2, 0.25) is 0 Å². The maximum Gasteiger partial charge on any atom is 0.274 e. The highest BCUT2D eigenvalue weighted by atomic mass is 16.5. The highest BCUT2D eigenvalue weighted by Crippen LogP contribution is 2.18. The van der Waals surface area contributed by atoms with Gasteiger partial charge >= 0.3 is 0 Å². The van der Waals surface area contributed by atoms with Gasteiger partial charge in [0.1, 0.15) is 17.5 Å². The van der Waals surface area contributed by atoms with Crippen LogP contribution < -0.4 is 15.4 Å². The Kier molecular flexibility index (Phi) is 6.38. The summed E-state index contributed by atoms with van der Waals surface area (Å²) in [6.07, 6.45) is 0.721. The van der Waals surface area contributed by atoms with E-state index in [0.29, 0.717) is 29.4 Å². The van der Waals surface area contributed by atoms with E-state index in [0.717, 1.165) is 17.7 Å². The molecule has 3 rings (SSSR count). The summed E-state index contributed by atoms with van der Waals surface area (Å²) < 4.78 is 5.36. The van der Waals surface area contributed by atoms with Gasteiger partial charge in [0.25, 0.3) is 5.91 Å². The van der Waals surface area contributed by atoms with E-state index in [1.54, 1.807) is 44.4 Å². The van der Waals surface area contributed by atoms with Crippen molar-refractivity contribution in [3.8, 4) is 11.8 Å². The molecule has 0 saturated carbocycles. The minimum Gasteiger partial charge on any atom is -0.496 e. The standard InChI is InChI=1S/C22H21N5O2/c1-15-13-19(21(28)26-18-9-5-3-8-17(18)14-23)27-22(25-15)24-12-11-16-7-4-6-10-20(16)29-2/h3-10,13H,11-12H2,1-2H3,(H,26,28)(H,24,25,27). The Hall–Kier alpha value is -3.92. The monoisotopic (exact) mass is 387 g/mol. The molecule has 1 aromatic heterocycles. The lowest BCUT2D eigenvalue weighted by atomic mass is 10.1. The molecule has 0 aliphatic rings. The van der Waals surface area contributed by atoms with Crippen LogP contribution in [0.5, 0.6) is 5.75 Å². The van der Waals surface area contributed by atoms with E-state index < -0.39 is 5.91 Å². The normalized spacial score (nSPS) is 10.1. The van der Waals surface area contributed by atoms with Gasteiger partial charge in [-0.25, -0.2) is 9.97 Å². The molecular formula is C22H21N5O2. The Morgan fingerprint density at radius 3 is 2.69 bits per heavy atom. The van der Waals surface area contributed by atoms with Gasteiger partial charge in [0.2, 0.25) is 5.95 Å². The molecule has 0 saturated heterocycles. The quantitative estimate of drug-likeness (QED) is 0.643. The number of rotatable bonds is 7. The number of carbonyl (C=O) groups is 1. The number of aromatic nitrogens is 2. The summed E-state index contributed by atoms with van der Waals surface area (Å²) in [5.41, 5.74) is 2.80. The van der Waals surface area contributed by atoms with Crippen LogP contribution in [0.3, 0.4) is 0 Å². The molecular weight excluding hydrogens is 366 g/mol. The fourth-order valence-electron chi connectivity index (χ4n) is 2.86. The van der Waals surface area contributed by atoms with Crippen LogP contribution >= 0.6 is 0 Å². The number of benzene rings is 2. The van der Waals surface area contributed by atoms with Crippen LogP contribution in [0, 0.1) is 18.3 Å². The maximum atomic E-state index is 12.6. The molecule has 3 aromatic rings. The van der Waals surface area contributed by atoms with Gasteiger partial charge in [-0.15, -0.1) is 0 Å². The first kappa shape index (κ1) is 19.8. The van der Waals surface area contributed by atoms with Crippen molar-refractivity contribution in [1.82, 2.24) is 9.97 Å². The Labute approximate surface area is 169 Å². The van der Waals surface area contributed by atoms with Gasteiger partial charge < -0.3 is 15.4 Å². The number of amides is 1. The molecule has 0 spiro atoms. The van der Waals surface area contributed by atoms with Gasteiger partial charge in [-0.3, -0.25) is 4.79 Å². The molecule has 0 atom stereocenters. The second kappa shape index (κ2) is 9.33. The van der Waals surface area contributed by atoms with Gasteiger partial charge in [-0.2, -0.15) is 5.26 Å². The number of nitrogens with one attached hydrogen (secondary N) is 2. The van der Waals surface area contributed by atoms with Gasteiger partial charge in [0.15, 0.2) is 0 Å². The zero-order valence-corrected chi connectivity index (χ0v) is 16.3. The second-order valence-corrected chi connectivity index (χ2v) is 6.32. The fraction of sp³-hybridized carbons (Fsp3) is 0.182. The molecule has 2 aromatic carbocycles. The average molecular weight is 387 g/mol. The van der Waals surface area contributed by atoms with Crippen LogP contribution in [-0.2, 0) is 6.42 Å². The number of nitrogens with zero attached hydrogens (tertiary/aromatic N) is 3. The highest BCUT2D eigenvalue weighted by molar-refractivity contribution is 6.03. The lowest BCUT2D eigenvalue weighted by Gasteiger charge is -2.11. The van der Waals surface area contributed by atoms with Gasteiger partial charge in [-0.1, -0.05) is 30.3 Å². The van der Waals surface area contributed by atoms with Crippen LogP contribution in [0.4, 0.5) is 11.6 Å². The first-order valence-electron chi connectivity index (χ1n) is 9.12. The number of hydrogen-bond acceptors (Lipinski definition) is 6. The van der Waals surface area contributed by atoms with E-state index >= 15 is 0 Å². The largest absolute Gasteiger partial charge is 0.496 e. The molecule has 1 heterocycles. The summed E-state index contributed by atoms with van der Waals surface area (Å²) in [5, 5.41) is 15.1. The van der Waals surface area contributed by atoms with Crippen LogP contribution in [0.1, 0.15) is 27.3 Å². The molecule has 1 amide bonds. The Morgan fingerprint density at radius 2 is 1.90 bits per heavy atom. The minimum absolute atomic E-state index is 0.227. The molecule has 0 aliphatic heterocycles. The SMILES string of the molecule is COc1ccccc1CCNc1nc(C)cc(C(=O)Nc2ccccc2C#N)n1. The van der Waals surface area contributed by atoms with Crippen LogP contribution in [0.15, 0.2) is 54.6 Å². The zero-order chi connectivity index (χ0) is 20.6. The van der Waals surface area contributed by atoms with Crippen molar-refractivity contribution < 1.29 is 9.53 Å². The summed E-state index contributed by atoms with van der Waals surface area (Å²) in [6, 6.07) is 18.3. The topological polar surface area (TPSA) is 99.9 Å². The third-order valence-corrected chi connectivity index (χ3v) is 4.25. The van der Waals surface area contributed by atoms with Crippen molar-refractivity contribution in [2.45, 2.75) is 13.3 Å². The number of para-hydroxylation sites is 2. The van der Waals surface area contributed by atoms with E-state index in [2.05, 4.69) is 26.7 Å². The number of hydrogen-bond donors (Lipinski definition) is 2.